The third kappa shape index (κ3) is 18.3. The lowest BCUT2D eigenvalue weighted by molar-refractivity contribution is -0.142. The molecule has 0 spiro atoms. The van der Waals surface area contributed by atoms with E-state index in [0.717, 1.165) is 6.92 Å². The van der Waals surface area contributed by atoms with E-state index in [-0.39, 0.29) is 44.4 Å². The predicted molar refractivity (Wildman–Crippen MR) is 166 cm³/mol. The maximum Gasteiger partial charge on any atom is 0.330 e. The van der Waals surface area contributed by atoms with Crippen LogP contribution < -0.4 is 44.4 Å². The highest BCUT2D eigenvalue weighted by Crippen LogP contribution is 2.20. The van der Waals surface area contributed by atoms with Crippen molar-refractivity contribution in [3.63, 3.8) is 0 Å². The molecular formula is C27H52N10O8. The molecule has 0 bridgehead atoms. The molecule has 0 unspecified atom stereocenters. The van der Waals surface area contributed by atoms with Gasteiger partial charge < -0.3 is 48.3 Å². The van der Waals surface area contributed by atoms with Crippen LogP contribution in [0.4, 0.5) is 4.79 Å². The summed E-state index contributed by atoms with van der Waals surface area (Å²) in [6.45, 7) is 10.8. The second-order valence-corrected chi connectivity index (χ2v) is 11.9. The fourth-order valence-electron chi connectivity index (χ4n) is 4.14. The maximum atomic E-state index is 13.6. The standard InChI is InChI=1S/C25H48N10O6.C2H4O2/c1-14(2)12-17(32-19(36)15(26)13-41-25(3,4)5)20(37)31-16(8-6-10-30-23(27)28)22(39)35-11-7-9-18(35)21(38)33-34-24(29)40;1-2(3)4/h14-18H,6-13,26H2,1-5H3,(H,31,37)(H,32,36)(H,33,38)(H4,27,28,30)(H3,29,34,40);1H3,(H,3,4)/t15-,16+,17+,18+;/m1./s1. The van der Waals surface area contributed by atoms with Gasteiger partial charge in [-0.2, -0.15) is 0 Å². The molecule has 1 aliphatic rings. The number of guanidine groups is 1. The van der Waals surface area contributed by atoms with Gasteiger partial charge >= 0.3 is 6.03 Å². The number of nitrogens with two attached hydrogens (primary N) is 4. The molecule has 258 valence electrons. The number of amides is 6. The summed E-state index contributed by atoms with van der Waals surface area (Å²) in [5.74, 6) is -3.17. The van der Waals surface area contributed by atoms with E-state index in [1.165, 1.54) is 4.90 Å². The van der Waals surface area contributed by atoms with Crippen molar-refractivity contribution in [1.82, 2.24) is 26.4 Å². The van der Waals surface area contributed by atoms with Gasteiger partial charge in [-0.1, -0.05) is 13.8 Å². The number of carbonyl (C=O) groups excluding carboxylic acids is 5. The molecule has 6 amide bonds. The van der Waals surface area contributed by atoms with Crippen LogP contribution in [-0.2, 0) is 28.7 Å². The largest absolute Gasteiger partial charge is 0.481 e. The van der Waals surface area contributed by atoms with Crippen molar-refractivity contribution < 1.29 is 38.6 Å². The van der Waals surface area contributed by atoms with Gasteiger partial charge in [-0.15, -0.1) is 0 Å². The molecule has 13 N–H and O–H groups in total. The Morgan fingerprint density at radius 1 is 1.00 bits per heavy atom. The molecule has 1 saturated heterocycles. The van der Waals surface area contributed by atoms with E-state index < -0.39 is 65.4 Å². The minimum atomic E-state index is -1.04. The topological polar surface area (TPSA) is 300 Å². The summed E-state index contributed by atoms with van der Waals surface area (Å²) in [7, 11) is 0. The molecule has 4 atom stereocenters. The molecule has 1 aliphatic heterocycles. The average molecular weight is 645 g/mol. The van der Waals surface area contributed by atoms with E-state index in [1.54, 1.807) is 0 Å². The first-order valence-corrected chi connectivity index (χ1v) is 14.7. The van der Waals surface area contributed by atoms with Crippen LogP contribution in [0.3, 0.4) is 0 Å². The molecule has 0 saturated carbocycles. The van der Waals surface area contributed by atoms with Crippen LogP contribution in [0.1, 0.15) is 73.6 Å². The molecule has 1 fully saturated rings. The first kappa shape index (κ1) is 40.8. The number of nitrogens with zero attached hydrogens (tertiary/aromatic N) is 2. The van der Waals surface area contributed by atoms with Gasteiger partial charge in [0.05, 0.1) is 12.2 Å². The van der Waals surface area contributed by atoms with Crippen molar-refractivity contribution in [1.29, 1.82) is 0 Å². The van der Waals surface area contributed by atoms with Crippen LogP contribution in [0.5, 0.6) is 0 Å². The number of likely N-dealkylation sites (tertiary alicyclic amines) is 1. The van der Waals surface area contributed by atoms with Gasteiger partial charge in [0, 0.05) is 20.0 Å². The zero-order chi connectivity index (χ0) is 34.9. The number of rotatable bonds is 14. The van der Waals surface area contributed by atoms with Gasteiger partial charge in [-0.3, -0.25) is 34.4 Å². The molecule has 18 nitrogen and oxygen atoms in total. The Morgan fingerprint density at radius 2 is 1.58 bits per heavy atom. The first-order chi connectivity index (χ1) is 20.7. The third-order valence-corrected chi connectivity index (χ3v) is 6.08. The van der Waals surface area contributed by atoms with Crippen molar-refractivity contribution in [2.24, 2.45) is 33.8 Å². The Hall–Kier alpha value is -4.19. The lowest BCUT2D eigenvalue weighted by Gasteiger charge is -2.30. The number of carboxylic acids is 1. The van der Waals surface area contributed by atoms with Gasteiger partial charge in [0.25, 0.3) is 11.9 Å². The summed E-state index contributed by atoms with van der Waals surface area (Å²) in [5, 5.41) is 12.8. The first-order valence-electron chi connectivity index (χ1n) is 14.7. The second-order valence-electron chi connectivity index (χ2n) is 11.9. The number of primary amides is 1. The highest BCUT2D eigenvalue weighted by Gasteiger charge is 2.38. The Balaban J connectivity index is 0.00000454. The van der Waals surface area contributed by atoms with Crippen molar-refractivity contribution >= 4 is 41.6 Å². The number of aliphatic imine (C=N–C) groups is 1. The number of hydrogen-bond acceptors (Lipinski definition) is 9. The Bertz CT molecular complexity index is 1040. The number of hydrogen-bond donors (Lipinski definition) is 9. The molecule has 0 aromatic heterocycles. The minimum Gasteiger partial charge on any atom is -0.481 e. The van der Waals surface area contributed by atoms with E-state index >= 15 is 0 Å². The van der Waals surface area contributed by atoms with Gasteiger partial charge in [-0.25, -0.2) is 10.2 Å². The van der Waals surface area contributed by atoms with E-state index in [1.807, 2.05) is 40.0 Å². The third-order valence-electron chi connectivity index (χ3n) is 6.08. The molecule has 0 aromatic rings. The lowest BCUT2D eigenvalue weighted by Crippen LogP contribution is -2.59. The molecule has 0 aromatic carbocycles. The lowest BCUT2D eigenvalue weighted by atomic mass is 10.0. The van der Waals surface area contributed by atoms with E-state index in [4.69, 9.17) is 37.6 Å². The van der Waals surface area contributed by atoms with Crippen molar-refractivity contribution in [3.05, 3.63) is 0 Å². The van der Waals surface area contributed by atoms with Gasteiger partial charge in [0.2, 0.25) is 17.7 Å². The van der Waals surface area contributed by atoms with Gasteiger partial charge in [0.1, 0.15) is 24.2 Å². The Morgan fingerprint density at radius 3 is 2.09 bits per heavy atom. The van der Waals surface area contributed by atoms with Gasteiger partial charge in [0.15, 0.2) is 5.96 Å². The molecule has 1 heterocycles. The molecule has 45 heavy (non-hydrogen) atoms. The molecule has 0 radical (unpaired) electrons. The number of hydrazine groups is 1. The normalized spacial score (nSPS) is 16.3. The molecule has 1 rings (SSSR count). The van der Waals surface area contributed by atoms with Crippen LogP contribution in [-0.4, -0.2) is 101 Å². The number of urea groups is 1. The van der Waals surface area contributed by atoms with Crippen molar-refractivity contribution in [2.45, 2.75) is 103 Å². The number of ether oxygens (including phenoxy) is 1. The number of carboxylic acid groups (broad SMARTS) is 1. The fraction of sp³-hybridized carbons (Fsp3) is 0.741. The Kier molecular flexibility index (Phi) is 18.1. The molecular weight excluding hydrogens is 592 g/mol. The highest BCUT2D eigenvalue weighted by atomic mass is 16.5. The number of nitrogens with one attached hydrogen (secondary N) is 4. The Labute approximate surface area is 263 Å². The summed E-state index contributed by atoms with van der Waals surface area (Å²) >= 11 is 0. The summed E-state index contributed by atoms with van der Waals surface area (Å²) in [4.78, 5) is 77.7. The van der Waals surface area contributed by atoms with Crippen molar-refractivity contribution in [2.75, 3.05) is 19.7 Å². The average Bonchev–Trinajstić information content (AvgIpc) is 3.40. The van der Waals surface area contributed by atoms with Gasteiger partial charge in [-0.05, 0) is 58.8 Å². The number of carbonyl (C=O) groups is 6. The summed E-state index contributed by atoms with van der Waals surface area (Å²) in [5.41, 5.74) is 25.5. The van der Waals surface area contributed by atoms with E-state index in [2.05, 4.69) is 21.1 Å². The van der Waals surface area contributed by atoms with E-state index in [9.17, 15) is 24.0 Å². The summed E-state index contributed by atoms with van der Waals surface area (Å²) in [6.07, 6.45) is 1.68. The monoisotopic (exact) mass is 644 g/mol. The second kappa shape index (κ2) is 20.0. The van der Waals surface area contributed by atoms with E-state index in [0.29, 0.717) is 19.3 Å². The van der Waals surface area contributed by atoms with Crippen LogP contribution in [0, 0.1) is 5.92 Å². The zero-order valence-electron chi connectivity index (χ0n) is 27.1. The van der Waals surface area contributed by atoms with Crippen LogP contribution in [0.2, 0.25) is 0 Å². The maximum absolute atomic E-state index is 13.6. The summed E-state index contributed by atoms with van der Waals surface area (Å²) in [6, 6.07) is -4.86. The smallest absolute Gasteiger partial charge is 0.330 e. The van der Waals surface area contributed by atoms with Crippen molar-refractivity contribution in [3.8, 4) is 0 Å². The minimum absolute atomic E-state index is 0.0218. The zero-order valence-corrected chi connectivity index (χ0v) is 27.1. The quantitative estimate of drug-likeness (QED) is 0.0430. The van der Waals surface area contributed by atoms with Crippen LogP contribution in [0.15, 0.2) is 4.99 Å². The fourth-order valence-corrected chi connectivity index (χ4v) is 4.14. The van der Waals surface area contributed by atoms with Crippen LogP contribution in [0.25, 0.3) is 0 Å². The molecule has 18 heteroatoms. The summed E-state index contributed by atoms with van der Waals surface area (Å²) < 4.78 is 5.59. The van der Waals surface area contributed by atoms with Crippen LogP contribution >= 0.6 is 0 Å². The number of aliphatic carboxylic acids is 1. The predicted octanol–water partition coefficient (Wildman–Crippen LogP) is -2.02. The molecule has 0 aliphatic carbocycles. The SMILES string of the molecule is CC(=O)O.CC(C)C[C@H](NC(=O)[C@H](N)COC(C)(C)C)C(=O)N[C@@H](CCCN=C(N)N)C(=O)N1CCC[C@H]1C(=O)NNC(N)=O. The highest BCUT2D eigenvalue weighted by molar-refractivity contribution is 5.95.